The summed E-state index contributed by atoms with van der Waals surface area (Å²) in [6.45, 7) is 12.1. The van der Waals surface area contributed by atoms with E-state index in [1.54, 1.807) is 18.0 Å². The topological polar surface area (TPSA) is 42.0 Å². The van der Waals surface area contributed by atoms with Gasteiger partial charge < -0.3 is 5.32 Å². The zero-order valence-corrected chi connectivity index (χ0v) is 12.8. The quantitative estimate of drug-likeness (QED) is 0.824. The molecule has 1 aromatic rings. The van der Waals surface area contributed by atoms with E-state index < -0.39 is 5.41 Å². The summed E-state index contributed by atoms with van der Waals surface area (Å²) in [5.74, 6) is 0.634. The summed E-state index contributed by atoms with van der Waals surface area (Å²) in [6.07, 6.45) is 1.70. The normalized spacial score (nSPS) is 12.3. The Labute approximate surface area is 114 Å². The van der Waals surface area contributed by atoms with Gasteiger partial charge in [-0.05, 0) is 12.1 Å². The van der Waals surface area contributed by atoms with Gasteiger partial charge in [-0.25, -0.2) is 4.98 Å². The summed E-state index contributed by atoms with van der Waals surface area (Å²) >= 11 is 1.70. The maximum absolute atomic E-state index is 12.0. The molecular formula is C14H22N2OS. The number of nitrogens with zero attached hydrogens (tertiary/aromatic N) is 1. The Morgan fingerprint density at radius 2 is 1.83 bits per heavy atom. The minimum absolute atomic E-state index is 0.0167. The molecule has 0 radical (unpaired) electrons. The molecule has 0 aliphatic rings. The summed E-state index contributed by atoms with van der Waals surface area (Å²) in [6, 6.07) is 3.88. The Bertz CT molecular complexity index is 430. The lowest BCUT2D eigenvalue weighted by atomic mass is 9.96. The second-order valence-corrected chi connectivity index (χ2v) is 8.14. The molecule has 1 aromatic heterocycles. The molecule has 0 saturated carbocycles. The van der Waals surface area contributed by atoms with Crippen LogP contribution in [0.5, 0.6) is 0 Å². The molecule has 0 spiro atoms. The smallest absolute Gasteiger partial charge is 0.230 e. The molecule has 0 aliphatic carbocycles. The van der Waals surface area contributed by atoms with Gasteiger partial charge in [0.05, 0.1) is 4.90 Å². The second kappa shape index (κ2) is 5.31. The lowest BCUT2D eigenvalue weighted by Crippen LogP contribution is -2.28. The highest BCUT2D eigenvalue weighted by Gasteiger charge is 2.23. The summed E-state index contributed by atoms with van der Waals surface area (Å²) in [5, 5.41) is 2.90. The standard InChI is InChI=1S/C14H22N2OS/c1-13(2,3)12(17)16-11-10(8-7-9-15-11)18-14(4,5)6/h7-9H,1-6H3,(H,15,16,17). The van der Waals surface area contributed by atoms with Crippen LogP contribution in [0.4, 0.5) is 5.82 Å². The molecule has 0 aliphatic heterocycles. The molecule has 0 saturated heterocycles. The highest BCUT2D eigenvalue weighted by atomic mass is 32.2. The van der Waals surface area contributed by atoms with Crippen molar-refractivity contribution >= 4 is 23.5 Å². The van der Waals surface area contributed by atoms with E-state index in [9.17, 15) is 4.79 Å². The molecule has 1 heterocycles. The number of pyridine rings is 1. The Morgan fingerprint density at radius 1 is 1.22 bits per heavy atom. The number of carbonyl (C=O) groups excluding carboxylic acids is 1. The molecule has 0 unspecified atom stereocenters. The van der Waals surface area contributed by atoms with E-state index in [4.69, 9.17) is 0 Å². The third-order valence-electron chi connectivity index (χ3n) is 2.10. The van der Waals surface area contributed by atoms with Gasteiger partial charge in [0.1, 0.15) is 5.82 Å². The zero-order chi connectivity index (χ0) is 14.0. The van der Waals surface area contributed by atoms with Crippen molar-refractivity contribution in [1.82, 2.24) is 4.98 Å². The van der Waals surface area contributed by atoms with Crippen LogP contribution in [-0.4, -0.2) is 15.6 Å². The first-order valence-electron chi connectivity index (χ1n) is 6.05. The predicted molar refractivity (Wildman–Crippen MR) is 77.9 cm³/mol. The van der Waals surface area contributed by atoms with Gasteiger partial charge in [-0.1, -0.05) is 41.5 Å². The van der Waals surface area contributed by atoms with Crippen molar-refractivity contribution in [3.63, 3.8) is 0 Å². The molecule has 1 rings (SSSR count). The van der Waals surface area contributed by atoms with Gasteiger partial charge in [0, 0.05) is 16.4 Å². The number of amides is 1. The molecule has 1 amide bonds. The fourth-order valence-corrected chi connectivity index (χ4v) is 2.20. The fraction of sp³-hybridized carbons (Fsp3) is 0.571. The van der Waals surface area contributed by atoms with Crippen LogP contribution in [0.3, 0.4) is 0 Å². The minimum Gasteiger partial charge on any atom is -0.309 e. The van der Waals surface area contributed by atoms with E-state index in [-0.39, 0.29) is 10.7 Å². The maximum Gasteiger partial charge on any atom is 0.230 e. The lowest BCUT2D eigenvalue weighted by molar-refractivity contribution is -0.123. The number of rotatable bonds is 2. The zero-order valence-electron chi connectivity index (χ0n) is 12.0. The predicted octanol–water partition coefficient (Wildman–Crippen LogP) is 3.96. The van der Waals surface area contributed by atoms with Crippen LogP contribution in [0.1, 0.15) is 41.5 Å². The number of carbonyl (C=O) groups is 1. The third kappa shape index (κ3) is 4.69. The molecule has 0 bridgehead atoms. The maximum atomic E-state index is 12.0. The SMILES string of the molecule is CC(C)(C)Sc1cccnc1NC(=O)C(C)(C)C. The molecule has 3 nitrogen and oxygen atoms in total. The van der Waals surface area contributed by atoms with Gasteiger partial charge in [0.2, 0.25) is 5.91 Å². The highest BCUT2D eigenvalue weighted by molar-refractivity contribution is 8.00. The lowest BCUT2D eigenvalue weighted by Gasteiger charge is -2.21. The van der Waals surface area contributed by atoms with E-state index in [1.807, 2.05) is 32.9 Å². The van der Waals surface area contributed by atoms with Gasteiger partial charge in [0.25, 0.3) is 0 Å². The van der Waals surface area contributed by atoms with Crippen molar-refractivity contribution in [2.75, 3.05) is 5.32 Å². The number of aromatic nitrogens is 1. The molecule has 100 valence electrons. The van der Waals surface area contributed by atoms with Crippen molar-refractivity contribution in [2.45, 2.75) is 51.2 Å². The van der Waals surface area contributed by atoms with Gasteiger partial charge in [0.15, 0.2) is 0 Å². The van der Waals surface area contributed by atoms with E-state index in [0.29, 0.717) is 5.82 Å². The van der Waals surface area contributed by atoms with Gasteiger partial charge >= 0.3 is 0 Å². The molecule has 0 aromatic carbocycles. The van der Waals surface area contributed by atoms with Crippen LogP contribution in [0.15, 0.2) is 23.2 Å². The molecule has 0 atom stereocenters. The summed E-state index contributed by atoms with van der Waals surface area (Å²) in [4.78, 5) is 17.3. The minimum atomic E-state index is -0.415. The first kappa shape index (κ1) is 15.0. The summed E-state index contributed by atoms with van der Waals surface area (Å²) < 4.78 is 0.0875. The first-order valence-corrected chi connectivity index (χ1v) is 6.87. The summed E-state index contributed by atoms with van der Waals surface area (Å²) in [5.41, 5.74) is -0.415. The monoisotopic (exact) mass is 266 g/mol. The van der Waals surface area contributed by atoms with Gasteiger partial charge in [-0.3, -0.25) is 4.79 Å². The van der Waals surface area contributed by atoms with Gasteiger partial charge in [-0.2, -0.15) is 0 Å². The van der Waals surface area contributed by atoms with Gasteiger partial charge in [-0.15, -0.1) is 11.8 Å². The van der Waals surface area contributed by atoms with Crippen LogP contribution < -0.4 is 5.32 Å². The van der Waals surface area contributed by atoms with Crippen LogP contribution in [0.2, 0.25) is 0 Å². The Kier molecular flexibility index (Phi) is 4.43. The largest absolute Gasteiger partial charge is 0.309 e. The number of nitrogens with one attached hydrogen (secondary N) is 1. The van der Waals surface area contributed by atoms with Crippen LogP contribution in [0, 0.1) is 5.41 Å². The third-order valence-corrected chi connectivity index (χ3v) is 3.26. The molecule has 1 N–H and O–H groups in total. The number of anilines is 1. The highest BCUT2D eigenvalue weighted by Crippen LogP contribution is 2.35. The Morgan fingerprint density at radius 3 is 2.33 bits per heavy atom. The average molecular weight is 266 g/mol. The van der Waals surface area contributed by atoms with Crippen molar-refractivity contribution in [2.24, 2.45) is 5.41 Å². The van der Waals surface area contributed by atoms with Crippen LogP contribution in [-0.2, 0) is 4.79 Å². The number of hydrogen-bond acceptors (Lipinski definition) is 3. The first-order chi connectivity index (χ1) is 8.09. The van der Waals surface area contributed by atoms with Crippen molar-refractivity contribution in [3.05, 3.63) is 18.3 Å². The number of hydrogen-bond donors (Lipinski definition) is 1. The Hall–Kier alpha value is -1.03. The summed E-state index contributed by atoms with van der Waals surface area (Å²) in [7, 11) is 0. The number of thioether (sulfide) groups is 1. The molecule has 18 heavy (non-hydrogen) atoms. The molecule has 4 heteroatoms. The van der Waals surface area contributed by atoms with Crippen LogP contribution in [0.25, 0.3) is 0 Å². The van der Waals surface area contributed by atoms with E-state index in [0.717, 1.165) is 4.90 Å². The van der Waals surface area contributed by atoms with Crippen molar-refractivity contribution < 1.29 is 4.79 Å². The van der Waals surface area contributed by atoms with E-state index >= 15 is 0 Å². The van der Waals surface area contributed by atoms with Crippen molar-refractivity contribution in [3.8, 4) is 0 Å². The van der Waals surface area contributed by atoms with E-state index in [2.05, 4.69) is 31.1 Å². The average Bonchev–Trinajstić information content (AvgIpc) is 2.17. The molecule has 0 fully saturated rings. The van der Waals surface area contributed by atoms with Crippen LogP contribution >= 0.6 is 11.8 Å². The van der Waals surface area contributed by atoms with E-state index in [1.165, 1.54) is 0 Å². The fourth-order valence-electron chi connectivity index (χ4n) is 1.19. The molecular weight excluding hydrogens is 244 g/mol. The Balaban J connectivity index is 2.93. The second-order valence-electron chi connectivity index (χ2n) is 6.27. The van der Waals surface area contributed by atoms with Crippen molar-refractivity contribution in [1.29, 1.82) is 0 Å².